The topological polar surface area (TPSA) is 63.0 Å². The standard InChI is InChI=1S/C15H16N4O/c1-10-12(9-18-19(10)2)8-17-15-14-7-13(20)4-3-11(14)5-6-16-15/h3-7,9,20H,8H2,1-2H3,(H,16,17). The maximum Gasteiger partial charge on any atom is 0.134 e. The number of nitrogens with zero attached hydrogens (tertiary/aromatic N) is 3. The molecule has 0 radical (unpaired) electrons. The van der Waals surface area contributed by atoms with Crippen LogP contribution in [0.2, 0.25) is 0 Å². The van der Waals surface area contributed by atoms with Crippen molar-refractivity contribution in [3.8, 4) is 5.75 Å². The number of anilines is 1. The van der Waals surface area contributed by atoms with Crippen LogP contribution in [0, 0.1) is 6.92 Å². The Labute approximate surface area is 116 Å². The lowest BCUT2D eigenvalue weighted by molar-refractivity contribution is 0.476. The highest BCUT2D eigenvalue weighted by atomic mass is 16.3. The fourth-order valence-electron chi connectivity index (χ4n) is 2.19. The van der Waals surface area contributed by atoms with Gasteiger partial charge >= 0.3 is 0 Å². The van der Waals surface area contributed by atoms with E-state index in [0.717, 1.165) is 27.8 Å². The minimum absolute atomic E-state index is 0.242. The average Bonchev–Trinajstić information content (AvgIpc) is 2.76. The summed E-state index contributed by atoms with van der Waals surface area (Å²) in [5, 5.41) is 19.1. The van der Waals surface area contributed by atoms with Crippen molar-refractivity contribution in [2.24, 2.45) is 7.05 Å². The molecule has 20 heavy (non-hydrogen) atoms. The maximum absolute atomic E-state index is 9.62. The van der Waals surface area contributed by atoms with Gasteiger partial charge in [0.2, 0.25) is 0 Å². The van der Waals surface area contributed by atoms with Crippen molar-refractivity contribution in [3.63, 3.8) is 0 Å². The molecule has 3 rings (SSSR count). The Kier molecular flexibility index (Phi) is 3.02. The van der Waals surface area contributed by atoms with Crippen molar-refractivity contribution in [1.29, 1.82) is 0 Å². The lowest BCUT2D eigenvalue weighted by atomic mass is 10.1. The van der Waals surface area contributed by atoms with Gasteiger partial charge in [-0.2, -0.15) is 5.10 Å². The Morgan fingerprint density at radius 3 is 2.90 bits per heavy atom. The molecule has 0 aliphatic rings. The molecule has 0 saturated carbocycles. The molecule has 2 N–H and O–H groups in total. The first-order valence-corrected chi connectivity index (χ1v) is 6.44. The lowest BCUT2D eigenvalue weighted by Crippen LogP contribution is -2.03. The molecule has 0 amide bonds. The number of fused-ring (bicyclic) bond motifs is 1. The van der Waals surface area contributed by atoms with Crippen LogP contribution < -0.4 is 5.32 Å². The number of rotatable bonds is 3. The number of pyridine rings is 1. The summed E-state index contributed by atoms with van der Waals surface area (Å²) in [5.74, 6) is 1.01. The summed E-state index contributed by atoms with van der Waals surface area (Å²) in [6.45, 7) is 2.69. The van der Waals surface area contributed by atoms with E-state index in [4.69, 9.17) is 0 Å². The first-order chi connectivity index (χ1) is 9.65. The van der Waals surface area contributed by atoms with Gasteiger partial charge in [0.1, 0.15) is 11.6 Å². The van der Waals surface area contributed by atoms with Gasteiger partial charge in [0.25, 0.3) is 0 Å². The van der Waals surface area contributed by atoms with E-state index in [1.165, 1.54) is 0 Å². The minimum atomic E-state index is 0.242. The van der Waals surface area contributed by atoms with Gasteiger partial charge in [0.05, 0.1) is 6.20 Å². The Balaban J connectivity index is 1.91. The molecule has 5 heteroatoms. The molecule has 1 aromatic carbocycles. The number of phenols is 1. The van der Waals surface area contributed by atoms with Crippen LogP contribution >= 0.6 is 0 Å². The lowest BCUT2D eigenvalue weighted by Gasteiger charge is -2.09. The van der Waals surface area contributed by atoms with Gasteiger partial charge in [0, 0.05) is 36.4 Å². The molecule has 0 aliphatic carbocycles. The van der Waals surface area contributed by atoms with E-state index >= 15 is 0 Å². The van der Waals surface area contributed by atoms with E-state index in [1.54, 1.807) is 18.3 Å². The molecular weight excluding hydrogens is 252 g/mol. The van der Waals surface area contributed by atoms with Crippen LogP contribution in [0.4, 0.5) is 5.82 Å². The zero-order chi connectivity index (χ0) is 14.1. The summed E-state index contributed by atoms with van der Waals surface area (Å²) < 4.78 is 1.85. The molecule has 0 aliphatic heterocycles. The van der Waals surface area contributed by atoms with Gasteiger partial charge in [-0.1, -0.05) is 6.07 Å². The van der Waals surface area contributed by atoms with Gasteiger partial charge in [-0.25, -0.2) is 4.98 Å². The highest BCUT2D eigenvalue weighted by Gasteiger charge is 2.06. The van der Waals surface area contributed by atoms with Crippen molar-refractivity contribution < 1.29 is 5.11 Å². The molecule has 0 bridgehead atoms. The summed E-state index contributed by atoms with van der Waals surface area (Å²) in [6, 6.07) is 7.21. The molecule has 0 unspecified atom stereocenters. The second-order valence-electron chi connectivity index (χ2n) is 4.80. The van der Waals surface area contributed by atoms with Crippen molar-refractivity contribution in [1.82, 2.24) is 14.8 Å². The number of aromatic nitrogens is 3. The molecular formula is C15H16N4O. The predicted molar refractivity (Wildman–Crippen MR) is 78.7 cm³/mol. The number of aryl methyl sites for hydroxylation is 1. The van der Waals surface area contributed by atoms with Crippen molar-refractivity contribution >= 4 is 16.6 Å². The van der Waals surface area contributed by atoms with Crippen LogP contribution in [-0.2, 0) is 13.6 Å². The summed E-state index contributed by atoms with van der Waals surface area (Å²) in [4.78, 5) is 4.35. The number of aromatic hydroxyl groups is 1. The van der Waals surface area contributed by atoms with Crippen LogP contribution in [0.1, 0.15) is 11.3 Å². The maximum atomic E-state index is 9.62. The second kappa shape index (κ2) is 4.85. The van der Waals surface area contributed by atoms with Crippen LogP contribution in [-0.4, -0.2) is 19.9 Å². The second-order valence-corrected chi connectivity index (χ2v) is 4.80. The molecule has 0 spiro atoms. The summed E-state index contributed by atoms with van der Waals surface area (Å²) in [6.07, 6.45) is 3.61. The molecule has 2 aromatic heterocycles. The third-order valence-electron chi connectivity index (χ3n) is 3.53. The van der Waals surface area contributed by atoms with E-state index in [-0.39, 0.29) is 5.75 Å². The summed E-state index contributed by atoms with van der Waals surface area (Å²) in [5.41, 5.74) is 2.26. The van der Waals surface area contributed by atoms with E-state index in [2.05, 4.69) is 15.4 Å². The van der Waals surface area contributed by atoms with Crippen molar-refractivity contribution in [3.05, 3.63) is 47.9 Å². The van der Waals surface area contributed by atoms with Gasteiger partial charge in [-0.05, 0) is 30.5 Å². The van der Waals surface area contributed by atoms with E-state index in [1.807, 2.05) is 37.0 Å². The summed E-state index contributed by atoms with van der Waals surface area (Å²) >= 11 is 0. The third kappa shape index (κ3) is 2.18. The van der Waals surface area contributed by atoms with Gasteiger partial charge in [0.15, 0.2) is 0 Å². The molecule has 3 aromatic rings. The molecule has 0 atom stereocenters. The molecule has 0 saturated heterocycles. The normalized spacial score (nSPS) is 10.9. The van der Waals surface area contributed by atoms with Crippen LogP contribution in [0.25, 0.3) is 10.8 Å². The zero-order valence-corrected chi connectivity index (χ0v) is 11.5. The Hall–Kier alpha value is -2.56. The largest absolute Gasteiger partial charge is 0.508 e. The highest BCUT2D eigenvalue weighted by molar-refractivity contribution is 5.92. The quantitative estimate of drug-likeness (QED) is 0.766. The SMILES string of the molecule is Cc1c(CNc2nccc3ccc(O)cc23)cnn1C. The smallest absolute Gasteiger partial charge is 0.134 e. The molecule has 102 valence electrons. The molecule has 2 heterocycles. The number of benzene rings is 1. The van der Waals surface area contributed by atoms with Gasteiger partial charge in [-0.15, -0.1) is 0 Å². The molecule has 5 nitrogen and oxygen atoms in total. The number of phenolic OH excluding ortho intramolecular Hbond substituents is 1. The first kappa shape index (κ1) is 12.5. The summed E-state index contributed by atoms with van der Waals surface area (Å²) in [7, 11) is 1.92. The van der Waals surface area contributed by atoms with E-state index in [0.29, 0.717) is 6.54 Å². The van der Waals surface area contributed by atoms with Gasteiger partial charge < -0.3 is 10.4 Å². The number of hydrogen-bond donors (Lipinski definition) is 2. The molecule has 0 fully saturated rings. The Morgan fingerprint density at radius 1 is 1.30 bits per heavy atom. The number of hydrogen-bond acceptors (Lipinski definition) is 4. The number of nitrogens with one attached hydrogen (secondary N) is 1. The van der Waals surface area contributed by atoms with E-state index < -0.39 is 0 Å². The average molecular weight is 268 g/mol. The fraction of sp³-hybridized carbons (Fsp3) is 0.200. The monoisotopic (exact) mass is 268 g/mol. The fourth-order valence-corrected chi connectivity index (χ4v) is 2.19. The predicted octanol–water partition coefficient (Wildman–Crippen LogP) is 2.59. The van der Waals surface area contributed by atoms with Crippen LogP contribution in [0.15, 0.2) is 36.7 Å². The zero-order valence-electron chi connectivity index (χ0n) is 11.5. The Morgan fingerprint density at radius 2 is 2.15 bits per heavy atom. The van der Waals surface area contributed by atoms with Gasteiger partial charge in [-0.3, -0.25) is 4.68 Å². The Bertz CT molecular complexity index is 764. The third-order valence-corrected chi connectivity index (χ3v) is 3.53. The first-order valence-electron chi connectivity index (χ1n) is 6.44. The van der Waals surface area contributed by atoms with Crippen LogP contribution in [0.5, 0.6) is 5.75 Å². The highest BCUT2D eigenvalue weighted by Crippen LogP contribution is 2.25. The van der Waals surface area contributed by atoms with Crippen molar-refractivity contribution in [2.75, 3.05) is 5.32 Å². The van der Waals surface area contributed by atoms with Crippen molar-refractivity contribution in [2.45, 2.75) is 13.5 Å². The minimum Gasteiger partial charge on any atom is -0.508 e. The van der Waals surface area contributed by atoms with Crippen LogP contribution in [0.3, 0.4) is 0 Å². The van der Waals surface area contributed by atoms with E-state index in [9.17, 15) is 5.11 Å².